The molecule has 118 valence electrons. The lowest BCUT2D eigenvalue weighted by molar-refractivity contribution is 0.105. The average Bonchev–Trinajstić information content (AvgIpc) is 2.67. The number of nitrogens with one attached hydrogen (secondary N) is 1. The zero-order valence-corrected chi connectivity index (χ0v) is 13.4. The molecule has 0 unspecified atom stereocenters. The predicted molar refractivity (Wildman–Crippen MR) is 98.5 cm³/mol. The van der Waals surface area contributed by atoms with E-state index in [-0.39, 0.29) is 5.78 Å². The van der Waals surface area contributed by atoms with Gasteiger partial charge in [0.2, 0.25) is 0 Å². The zero-order chi connectivity index (χ0) is 16.6. The third kappa shape index (κ3) is 3.99. The fourth-order valence-electron chi connectivity index (χ4n) is 2.51. The summed E-state index contributed by atoms with van der Waals surface area (Å²) in [7, 11) is 0. The number of carbonyl (C=O) groups is 1. The van der Waals surface area contributed by atoms with Crippen molar-refractivity contribution < 1.29 is 4.79 Å². The molecule has 0 spiro atoms. The van der Waals surface area contributed by atoms with Crippen LogP contribution in [-0.4, -0.2) is 5.78 Å². The van der Waals surface area contributed by atoms with E-state index in [0.717, 1.165) is 5.56 Å². The van der Waals surface area contributed by atoms with Crippen molar-refractivity contribution in [2.75, 3.05) is 0 Å². The van der Waals surface area contributed by atoms with Gasteiger partial charge in [-0.05, 0) is 11.1 Å². The summed E-state index contributed by atoms with van der Waals surface area (Å²) in [6.07, 6.45) is 1.82. The molecule has 0 heterocycles. The minimum atomic E-state index is 0.0161. The maximum atomic E-state index is 12.9. The van der Waals surface area contributed by atoms with Crippen molar-refractivity contribution in [2.45, 2.75) is 6.54 Å². The minimum absolute atomic E-state index is 0.0161. The third-order valence-electron chi connectivity index (χ3n) is 3.76. The highest BCUT2D eigenvalue weighted by atomic mass is 16.1. The maximum Gasteiger partial charge on any atom is 0.195 e. The number of benzene rings is 3. The monoisotopic (exact) mass is 313 g/mol. The fourth-order valence-corrected chi connectivity index (χ4v) is 2.51. The summed E-state index contributed by atoms with van der Waals surface area (Å²) in [5.74, 6) is 0.0161. The summed E-state index contributed by atoms with van der Waals surface area (Å²) in [6, 6.07) is 29.2. The molecule has 0 aliphatic heterocycles. The molecule has 0 bridgehead atoms. The van der Waals surface area contributed by atoms with Gasteiger partial charge in [0.1, 0.15) is 0 Å². The molecular weight excluding hydrogens is 294 g/mol. The van der Waals surface area contributed by atoms with Crippen molar-refractivity contribution in [2.24, 2.45) is 0 Å². The lowest BCUT2D eigenvalue weighted by Crippen LogP contribution is -2.10. The molecule has 3 rings (SSSR count). The van der Waals surface area contributed by atoms with Gasteiger partial charge in [0.25, 0.3) is 0 Å². The van der Waals surface area contributed by atoms with Gasteiger partial charge in [0.15, 0.2) is 5.78 Å². The van der Waals surface area contributed by atoms with E-state index >= 15 is 0 Å². The van der Waals surface area contributed by atoms with Gasteiger partial charge in [-0.15, -0.1) is 0 Å². The number of allylic oxidation sites excluding steroid dienone is 1. The van der Waals surface area contributed by atoms with E-state index in [4.69, 9.17) is 0 Å². The van der Waals surface area contributed by atoms with Crippen molar-refractivity contribution in [3.05, 3.63) is 114 Å². The molecule has 3 aromatic carbocycles. The first kappa shape index (κ1) is 15.8. The van der Waals surface area contributed by atoms with E-state index in [1.807, 2.05) is 85.1 Å². The Kier molecular flexibility index (Phi) is 5.21. The van der Waals surface area contributed by atoms with Gasteiger partial charge in [-0.3, -0.25) is 4.79 Å². The lowest BCUT2D eigenvalue weighted by atomic mass is 9.97. The Morgan fingerprint density at radius 3 is 1.79 bits per heavy atom. The Labute approximate surface area is 142 Å². The second kappa shape index (κ2) is 7.93. The van der Waals surface area contributed by atoms with Crippen LogP contribution in [0.25, 0.3) is 5.57 Å². The lowest BCUT2D eigenvalue weighted by Gasteiger charge is -2.09. The highest BCUT2D eigenvalue weighted by Gasteiger charge is 2.13. The first-order chi connectivity index (χ1) is 11.8. The molecule has 0 saturated carbocycles. The molecule has 0 aliphatic carbocycles. The van der Waals surface area contributed by atoms with Gasteiger partial charge in [-0.2, -0.15) is 0 Å². The van der Waals surface area contributed by atoms with Crippen LogP contribution in [-0.2, 0) is 6.54 Å². The molecule has 0 amide bonds. The van der Waals surface area contributed by atoms with E-state index < -0.39 is 0 Å². The summed E-state index contributed by atoms with van der Waals surface area (Å²) in [5.41, 5.74) is 3.44. The Balaban J connectivity index is 1.85. The van der Waals surface area contributed by atoms with Crippen LogP contribution in [0.4, 0.5) is 0 Å². The topological polar surface area (TPSA) is 29.1 Å². The average molecular weight is 313 g/mol. The Hall–Kier alpha value is -3.13. The normalized spacial score (nSPS) is 11.1. The quantitative estimate of drug-likeness (QED) is 0.528. The van der Waals surface area contributed by atoms with E-state index in [2.05, 4.69) is 17.4 Å². The van der Waals surface area contributed by atoms with Crippen LogP contribution >= 0.6 is 0 Å². The number of ketones is 1. The summed E-state index contributed by atoms with van der Waals surface area (Å²) in [6.45, 7) is 0.680. The van der Waals surface area contributed by atoms with E-state index in [9.17, 15) is 4.79 Å². The molecule has 2 heteroatoms. The van der Waals surface area contributed by atoms with Gasteiger partial charge in [0.05, 0.1) is 0 Å². The van der Waals surface area contributed by atoms with Crippen LogP contribution in [0.15, 0.2) is 97.2 Å². The largest absolute Gasteiger partial charge is 0.386 e. The number of hydrogen-bond donors (Lipinski definition) is 1. The molecular formula is C22H19NO. The summed E-state index contributed by atoms with van der Waals surface area (Å²) >= 11 is 0. The van der Waals surface area contributed by atoms with E-state index in [1.54, 1.807) is 0 Å². The van der Waals surface area contributed by atoms with Crippen LogP contribution < -0.4 is 5.32 Å². The van der Waals surface area contributed by atoms with E-state index in [1.165, 1.54) is 5.56 Å². The van der Waals surface area contributed by atoms with Crippen LogP contribution in [0.5, 0.6) is 0 Å². The van der Waals surface area contributed by atoms with Crippen LogP contribution in [0.2, 0.25) is 0 Å². The molecule has 0 saturated heterocycles. The van der Waals surface area contributed by atoms with Crippen LogP contribution in [0, 0.1) is 0 Å². The van der Waals surface area contributed by atoms with Crippen LogP contribution in [0.1, 0.15) is 21.5 Å². The van der Waals surface area contributed by atoms with Gasteiger partial charge in [-0.25, -0.2) is 0 Å². The molecule has 0 aromatic heterocycles. The first-order valence-electron chi connectivity index (χ1n) is 7.97. The molecule has 3 aromatic rings. The van der Waals surface area contributed by atoms with Crippen molar-refractivity contribution in [3.8, 4) is 0 Å². The molecule has 0 atom stereocenters. The third-order valence-corrected chi connectivity index (χ3v) is 3.76. The van der Waals surface area contributed by atoms with Crippen molar-refractivity contribution in [1.82, 2.24) is 5.32 Å². The van der Waals surface area contributed by atoms with Crippen LogP contribution in [0.3, 0.4) is 0 Å². The number of hydrogen-bond acceptors (Lipinski definition) is 2. The zero-order valence-electron chi connectivity index (χ0n) is 13.4. The van der Waals surface area contributed by atoms with Gasteiger partial charge in [-0.1, -0.05) is 91.0 Å². The van der Waals surface area contributed by atoms with Crippen molar-refractivity contribution in [3.63, 3.8) is 0 Å². The molecule has 24 heavy (non-hydrogen) atoms. The molecule has 0 fully saturated rings. The Morgan fingerprint density at radius 2 is 1.21 bits per heavy atom. The van der Waals surface area contributed by atoms with E-state index in [0.29, 0.717) is 17.7 Å². The predicted octanol–water partition coefficient (Wildman–Crippen LogP) is 4.70. The highest BCUT2D eigenvalue weighted by Crippen LogP contribution is 2.19. The first-order valence-corrected chi connectivity index (χ1v) is 7.97. The second-order valence-electron chi connectivity index (χ2n) is 5.49. The standard InChI is InChI=1S/C22H19NO/c24-22(20-14-8-3-9-15-20)21(19-12-6-2-7-13-19)17-23-16-18-10-4-1-5-11-18/h1-15,17,23H,16H2/b21-17+. The van der Waals surface area contributed by atoms with Crippen molar-refractivity contribution >= 4 is 11.4 Å². The summed E-state index contributed by atoms with van der Waals surface area (Å²) < 4.78 is 0. The second-order valence-corrected chi connectivity index (χ2v) is 5.49. The maximum absolute atomic E-state index is 12.9. The highest BCUT2D eigenvalue weighted by molar-refractivity contribution is 6.28. The minimum Gasteiger partial charge on any atom is -0.386 e. The van der Waals surface area contributed by atoms with Crippen molar-refractivity contribution in [1.29, 1.82) is 0 Å². The molecule has 0 radical (unpaired) electrons. The molecule has 2 nitrogen and oxygen atoms in total. The summed E-state index contributed by atoms with van der Waals surface area (Å²) in [5, 5.41) is 3.27. The number of Topliss-reactive ketones (excluding diaryl/α,β-unsaturated/α-hetero) is 1. The van der Waals surface area contributed by atoms with Gasteiger partial charge >= 0.3 is 0 Å². The Bertz CT molecular complexity index is 808. The Morgan fingerprint density at radius 1 is 0.708 bits per heavy atom. The smallest absolute Gasteiger partial charge is 0.195 e. The molecule has 1 N–H and O–H groups in total. The number of carbonyl (C=O) groups excluding carboxylic acids is 1. The van der Waals surface area contributed by atoms with Gasteiger partial charge < -0.3 is 5.32 Å². The summed E-state index contributed by atoms with van der Waals surface area (Å²) in [4.78, 5) is 12.9. The van der Waals surface area contributed by atoms with Gasteiger partial charge in [0, 0.05) is 23.9 Å². The molecule has 0 aliphatic rings. The number of rotatable bonds is 6. The SMILES string of the molecule is O=C(/C(=C/NCc1ccccc1)c1ccccc1)c1ccccc1. The fraction of sp³-hybridized carbons (Fsp3) is 0.0455.